The molecule has 1 nitrogen and oxygen atoms in total. The zero-order valence-electron chi connectivity index (χ0n) is 11.3. The Bertz CT molecular complexity index is 588. The first-order chi connectivity index (χ1) is 9.60. The van der Waals surface area contributed by atoms with Crippen LogP contribution < -0.4 is 5.73 Å². The number of halogens is 2. The van der Waals surface area contributed by atoms with Gasteiger partial charge in [0.05, 0.1) is 5.02 Å². The van der Waals surface area contributed by atoms with Crippen LogP contribution in [0, 0.1) is 5.82 Å². The zero-order chi connectivity index (χ0) is 14.5. The molecule has 2 aromatic rings. The Labute approximate surface area is 128 Å². The summed E-state index contributed by atoms with van der Waals surface area (Å²) in [6.07, 6.45) is 1.54. The monoisotopic (exact) mass is 309 g/mol. The molecule has 106 valence electrons. The molecular formula is C16H17ClFNS. The second kappa shape index (κ2) is 7.11. The Morgan fingerprint density at radius 1 is 1.20 bits per heavy atom. The highest BCUT2D eigenvalue weighted by Gasteiger charge is 2.11. The van der Waals surface area contributed by atoms with Crippen molar-refractivity contribution in [2.24, 2.45) is 5.73 Å². The first-order valence-electron chi connectivity index (χ1n) is 6.56. The molecule has 0 bridgehead atoms. The Kier molecular flexibility index (Phi) is 5.46. The average molecular weight is 310 g/mol. The summed E-state index contributed by atoms with van der Waals surface area (Å²) in [5.41, 5.74) is 6.92. The number of hydrogen-bond acceptors (Lipinski definition) is 2. The highest BCUT2D eigenvalue weighted by Crippen LogP contribution is 2.35. The summed E-state index contributed by atoms with van der Waals surface area (Å²) in [5, 5.41) is 0.701. The van der Waals surface area contributed by atoms with Gasteiger partial charge in [-0.3, -0.25) is 0 Å². The summed E-state index contributed by atoms with van der Waals surface area (Å²) in [4.78, 5) is 1.97. The molecular weight excluding hydrogens is 293 g/mol. The molecule has 0 saturated carbocycles. The van der Waals surface area contributed by atoms with Gasteiger partial charge in [0.15, 0.2) is 0 Å². The van der Waals surface area contributed by atoms with Crippen molar-refractivity contribution in [3.8, 4) is 0 Å². The van der Waals surface area contributed by atoms with Crippen molar-refractivity contribution in [1.82, 2.24) is 0 Å². The molecule has 0 fully saturated rings. The molecule has 0 amide bonds. The van der Waals surface area contributed by atoms with Crippen LogP contribution in [0.15, 0.2) is 52.3 Å². The molecule has 0 aromatic heterocycles. The molecule has 0 saturated heterocycles. The van der Waals surface area contributed by atoms with Gasteiger partial charge in [0, 0.05) is 15.8 Å². The quantitative estimate of drug-likeness (QED) is 0.849. The molecule has 0 aliphatic carbocycles. The summed E-state index contributed by atoms with van der Waals surface area (Å²) < 4.78 is 13.4. The van der Waals surface area contributed by atoms with Crippen LogP contribution in [0.3, 0.4) is 0 Å². The van der Waals surface area contributed by atoms with Crippen LogP contribution in [0.5, 0.6) is 0 Å². The second-order valence-electron chi connectivity index (χ2n) is 4.66. The Morgan fingerprint density at radius 2 is 1.95 bits per heavy atom. The van der Waals surface area contributed by atoms with Gasteiger partial charge in [0.25, 0.3) is 0 Å². The van der Waals surface area contributed by atoms with Crippen LogP contribution in [0.1, 0.15) is 18.9 Å². The molecule has 1 unspecified atom stereocenters. The van der Waals surface area contributed by atoms with E-state index < -0.39 is 0 Å². The first kappa shape index (κ1) is 15.4. The molecule has 0 aliphatic heterocycles. The minimum absolute atomic E-state index is 0.0439. The third kappa shape index (κ3) is 3.98. The maximum absolute atomic E-state index is 13.4. The fraction of sp³-hybridized carbons (Fsp3) is 0.250. The fourth-order valence-electron chi connectivity index (χ4n) is 1.88. The molecule has 2 N–H and O–H groups in total. The summed E-state index contributed by atoms with van der Waals surface area (Å²) in [5.74, 6) is -0.230. The first-order valence-corrected chi connectivity index (χ1v) is 7.76. The maximum atomic E-state index is 13.4. The standard InChI is InChI=1S/C16H17ClFNS/c1-2-13(19)10-11-9-12(18)7-8-15(11)20-16-6-4-3-5-14(16)17/h3-9,13H,2,10,19H2,1H3. The van der Waals surface area contributed by atoms with Crippen LogP contribution >= 0.6 is 23.4 Å². The highest BCUT2D eigenvalue weighted by molar-refractivity contribution is 7.99. The Balaban J connectivity index is 2.29. The van der Waals surface area contributed by atoms with Crippen molar-refractivity contribution < 1.29 is 4.39 Å². The van der Waals surface area contributed by atoms with Crippen LogP contribution in [0.4, 0.5) is 4.39 Å². The van der Waals surface area contributed by atoms with E-state index in [1.54, 1.807) is 23.9 Å². The van der Waals surface area contributed by atoms with E-state index in [4.69, 9.17) is 17.3 Å². The number of benzene rings is 2. The molecule has 2 aromatic carbocycles. The summed E-state index contributed by atoms with van der Waals surface area (Å²) in [6.45, 7) is 2.03. The van der Waals surface area contributed by atoms with E-state index in [-0.39, 0.29) is 11.9 Å². The van der Waals surface area contributed by atoms with Gasteiger partial charge in [0.1, 0.15) is 5.82 Å². The lowest BCUT2D eigenvalue weighted by molar-refractivity contribution is 0.610. The van der Waals surface area contributed by atoms with E-state index in [1.165, 1.54) is 6.07 Å². The van der Waals surface area contributed by atoms with E-state index in [1.807, 2.05) is 31.2 Å². The van der Waals surface area contributed by atoms with E-state index >= 15 is 0 Å². The van der Waals surface area contributed by atoms with E-state index in [0.29, 0.717) is 11.4 Å². The van der Waals surface area contributed by atoms with Crippen LogP contribution in [0.25, 0.3) is 0 Å². The lowest BCUT2D eigenvalue weighted by atomic mass is 10.0. The van der Waals surface area contributed by atoms with Crippen LogP contribution in [0.2, 0.25) is 5.02 Å². The summed E-state index contributed by atoms with van der Waals surface area (Å²) >= 11 is 7.72. The third-order valence-electron chi connectivity index (χ3n) is 3.09. The van der Waals surface area contributed by atoms with E-state index in [0.717, 1.165) is 21.8 Å². The molecule has 0 aliphatic rings. The molecule has 0 spiro atoms. The van der Waals surface area contributed by atoms with Gasteiger partial charge in [-0.15, -0.1) is 0 Å². The summed E-state index contributed by atoms with van der Waals surface area (Å²) in [7, 11) is 0. The van der Waals surface area contributed by atoms with Gasteiger partial charge in [0.2, 0.25) is 0 Å². The largest absolute Gasteiger partial charge is 0.327 e. The average Bonchev–Trinajstić information content (AvgIpc) is 2.44. The number of hydrogen-bond donors (Lipinski definition) is 1. The molecule has 0 heterocycles. The van der Waals surface area contributed by atoms with E-state index in [9.17, 15) is 4.39 Å². The van der Waals surface area contributed by atoms with Crippen molar-refractivity contribution in [1.29, 1.82) is 0 Å². The molecule has 2 rings (SSSR count). The fourth-order valence-corrected chi connectivity index (χ4v) is 3.09. The van der Waals surface area contributed by atoms with Gasteiger partial charge < -0.3 is 5.73 Å². The van der Waals surface area contributed by atoms with Gasteiger partial charge in [-0.2, -0.15) is 0 Å². The molecule has 0 radical (unpaired) electrons. The predicted molar refractivity (Wildman–Crippen MR) is 83.9 cm³/mol. The third-order valence-corrected chi connectivity index (χ3v) is 4.72. The number of nitrogens with two attached hydrogens (primary N) is 1. The van der Waals surface area contributed by atoms with Crippen molar-refractivity contribution in [2.45, 2.75) is 35.6 Å². The number of rotatable bonds is 5. The van der Waals surface area contributed by atoms with Gasteiger partial charge in [-0.05, 0) is 48.7 Å². The second-order valence-corrected chi connectivity index (χ2v) is 6.15. The lowest BCUT2D eigenvalue weighted by Gasteiger charge is -2.13. The van der Waals surface area contributed by atoms with Crippen molar-refractivity contribution in [3.05, 3.63) is 58.9 Å². The minimum atomic E-state index is -0.230. The van der Waals surface area contributed by atoms with E-state index in [2.05, 4.69) is 0 Å². The zero-order valence-corrected chi connectivity index (χ0v) is 12.8. The van der Waals surface area contributed by atoms with Gasteiger partial charge in [-0.1, -0.05) is 42.4 Å². The molecule has 20 heavy (non-hydrogen) atoms. The predicted octanol–water partition coefficient (Wildman–Crippen LogP) is 4.91. The van der Waals surface area contributed by atoms with Crippen molar-refractivity contribution in [3.63, 3.8) is 0 Å². The Hall–Kier alpha value is -1.03. The van der Waals surface area contributed by atoms with Gasteiger partial charge in [-0.25, -0.2) is 4.39 Å². The smallest absolute Gasteiger partial charge is 0.123 e. The van der Waals surface area contributed by atoms with Crippen molar-refractivity contribution in [2.75, 3.05) is 0 Å². The van der Waals surface area contributed by atoms with Gasteiger partial charge >= 0.3 is 0 Å². The highest BCUT2D eigenvalue weighted by atomic mass is 35.5. The lowest BCUT2D eigenvalue weighted by Crippen LogP contribution is -2.21. The maximum Gasteiger partial charge on any atom is 0.123 e. The molecule has 4 heteroatoms. The topological polar surface area (TPSA) is 26.0 Å². The van der Waals surface area contributed by atoms with Crippen LogP contribution in [-0.4, -0.2) is 6.04 Å². The minimum Gasteiger partial charge on any atom is -0.327 e. The Morgan fingerprint density at radius 3 is 2.65 bits per heavy atom. The SMILES string of the molecule is CCC(N)Cc1cc(F)ccc1Sc1ccccc1Cl. The van der Waals surface area contributed by atoms with Crippen LogP contribution in [-0.2, 0) is 6.42 Å². The summed E-state index contributed by atoms with van der Waals surface area (Å²) in [6, 6.07) is 12.5. The van der Waals surface area contributed by atoms with Crippen molar-refractivity contribution >= 4 is 23.4 Å². The molecule has 1 atom stereocenters. The normalized spacial score (nSPS) is 12.4.